The maximum Gasteiger partial charge on any atom is 0.167 e. The Hall–Kier alpha value is -2.11. The third-order valence-electron chi connectivity index (χ3n) is 2.73. The van der Waals surface area contributed by atoms with Gasteiger partial charge in [0.15, 0.2) is 11.6 Å². The monoisotopic (exact) mass is 264 g/mol. The van der Waals surface area contributed by atoms with Crippen molar-refractivity contribution in [2.75, 3.05) is 12.4 Å². The summed E-state index contributed by atoms with van der Waals surface area (Å²) in [6, 6.07) is 4.76. The minimum Gasteiger partial charge on any atom is -0.494 e. The van der Waals surface area contributed by atoms with Crippen LogP contribution < -0.4 is 10.1 Å². The van der Waals surface area contributed by atoms with Crippen molar-refractivity contribution in [3.8, 4) is 5.75 Å². The summed E-state index contributed by atoms with van der Waals surface area (Å²) in [5.74, 6) is 0.681. The Balaban J connectivity index is 2.02. The van der Waals surface area contributed by atoms with E-state index in [2.05, 4.69) is 22.3 Å². The number of aromatic nitrogens is 3. The summed E-state index contributed by atoms with van der Waals surface area (Å²) in [6.45, 7) is 3.41. The van der Waals surface area contributed by atoms with E-state index in [4.69, 9.17) is 4.74 Å². The molecule has 0 unspecified atom stereocenters. The number of ether oxygens (including phenoxy) is 1. The molecule has 2 rings (SSSR count). The molecule has 0 amide bonds. The van der Waals surface area contributed by atoms with E-state index in [-0.39, 0.29) is 11.6 Å². The number of aryl methyl sites for hydroxylation is 1. The van der Waals surface area contributed by atoms with Crippen molar-refractivity contribution in [2.24, 2.45) is 0 Å². The Kier molecular flexibility index (Phi) is 4.33. The molecule has 0 radical (unpaired) electrons. The summed E-state index contributed by atoms with van der Waals surface area (Å²) in [7, 11) is 1.44. The van der Waals surface area contributed by atoms with Crippen LogP contribution in [0.25, 0.3) is 0 Å². The van der Waals surface area contributed by atoms with Gasteiger partial charge in [0.05, 0.1) is 13.7 Å². The zero-order valence-electron chi connectivity index (χ0n) is 11.1. The van der Waals surface area contributed by atoms with Crippen molar-refractivity contribution >= 4 is 5.69 Å². The van der Waals surface area contributed by atoms with Crippen molar-refractivity contribution in [3.63, 3.8) is 0 Å². The van der Waals surface area contributed by atoms with Crippen LogP contribution in [0.3, 0.4) is 0 Å². The van der Waals surface area contributed by atoms with Gasteiger partial charge in [0.2, 0.25) is 0 Å². The van der Waals surface area contributed by atoms with Crippen LogP contribution in [0.1, 0.15) is 19.2 Å². The number of rotatable bonds is 6. The highest BCUT2D eigenvalue weighted by Gasteiger charge is 2.06. The number of hydrogen-bond acceptors (Lipinski definition) is 4. The molecule has 1 N–H and O–H groups in total. The van der Waals surface area contributed by atoms with Crippen molar-refractivity contribution in [3.05, 3.63) is 36.2 Å². The van der Waals surface area contributed by atoms with Gasteiger partial charge < -0.3 is 10.1 Å². The summed E-state index contributed by atoms with van der Waals surface area (Å²) in [5, 5.41) is 7.25. The van der Waals surface area contributed by atoms with Gasteiger partial charge in [-0.3, -0.25) is 0 Å². The van der Waals surface area contributed by atoms with Gasteiger partial charge in [0.1, 0.15) is 12.2 Å². The van der Waals surface area contributed by atoms with Crippen LogP contribution in [-0.2, 0) is 13.1 Å². The van der Waals surface area contributed by atoms with Gasteiger partial charge in [-0.05, 0) is 18.6 Å². The molecule has 0 aliphatic heterocycles. The lowest BCUT2D eigenvalue weighted by Crippen LogP contribution is -2.10. The van der Waals surface area contributed by atoms with Crippen LogP contribution in [0.5, 0.6) is 5.75 Å². The molecule has 0 saturated carbocycles. The maximum absolute atomic E-state index is 13.5. The van der Waals surface area contributed by atoms with Gasteiger partial charge in [-0.25, -0.2) is 14.1 Å². The van der Waals surface area contributed by atoms with Gasteiger partial charge in [-0.15, -0.1) is 0 Å². The molecule has 0 fully saturated rings. The fourth-order valence-electron chi connectivity index (χ4n) is 1.78. The predicted molar refractivity (Wildman–Crippen MR) is 70.6 cm³/mol. The van der Waals surface area contributed by atoms with E-state index >= 15 is 0 Å². The lowest BCUT2D eigenvalue weighted by atomic mass is 10.3. The second-order valence-corrected chi connectivity index (χ2v) is 4.10. The number of methoxy groups -OCH3 is 1. The van der Waals surface area contributed by atoms with E-state index in [1.54, 1.807) is 12.1 Å². The Labute approximate surface area is 111 Å². The molecule has 0 atom stereocenters. The molecule has 19 heavy (non-hydrogen) atoms. The molecule has 5 nitrogen and oxygen atoms in total. The van der Waals surface area contributed by atoms with E-state index in [0.29, 0.717) is 12.2 Å². The number of benzene rings is 1. The van der Waals surface area contributed by atoms with E-state index in [1.807, 2.05) is 4.68 Å². The zero-order chi connectivity index (χ0) is 13.7. The summed E-state index contributed by atoms with van der Waals surface area (Å²) >= 11 is 0. The summed E-state index contributed by atoms with van der Waals surface area (Å²) in [6.07, 6.45) is 2.52. The standard InChI is InChI=1S/C13H17FN4O/c1-3-6-18-13(16-9-17-18)8-15-10-4-5-12(19-2)11(14)7-10/h4-5,7,9,15H,3,6,8H2,1-2H3. The fourth-order valence-corrected chi connectivity index (χ4v) is 1.78. The quantitative estimate of drug-likeness (QED) is 0.870. The highest BCUT2D eigenvalue weighted by atomic mass is 19.1. The average molecular weight is 264 g/mol. The largest absolute Gasteiger partial charge is 0.494 e. The molecule has 1 aromatic heterocycles. The second kappa shape index (κ2) is 6.17. The highest BCUT2D eigenvalue weighted by molar-refractivity contribution is 5.47. The van der Waals surface area contributed by atoms with Crippen LogP contribution in [0.15, 0.2) is 24.5 Å². The van der Waals surface area contributed by atoms with Gasteiger partial charge >= 0.3 is 0 Å². The summed E-state index contributed by atoms with van der Waals surface area (Å²) < 4.78 is 20.2. The zero-order valence-corrected chi connectivity index (χ0v) is 11.1. The molecule has 1 aromatic carbocycles. The van der Waals surface area contributed by atoms with Gasteiger partial charge in [0.25, 0.3) is 0 Å². The molecule has 0 aliphatic rings. The maximum atomic E-state index is 13.5. The minimum atomic E-state index is -0.387. The Morgan fingerprint density at radius 2 is 2.26 bits per heavy atom. The van der Waals surface area contributed by atoms with E-state index in [1.165, 1.54) is 19.5 Å². The Morgan fingerprint density at radius 3 is 2.95 bits per heavy atom. The van der Waals surface area contributed by atoms with Crippen molar-refractivity contribution in [2.45, 2.75) is 26.4 Å². The predicted octanol–water partition coefficient (Wildman–Crippen LogP) is 2.45. The van der Waals surface area contributed by atoms with Gasteiger partial charge in [-0.1, -0.05) is 6.92 Å². The normalized spacial score (nSPS) is 10.5. The lowest BCUT2D eigenvalue weighted by molar-refractivity contribution is 0.386. The topological polar surface area (TPSA) is 52.0 Å². The van der Waals surface area contributed by atoms with E-state index < -0.39 is 0 Å². The molecule has 0 aliphatic carbocycles. The van der Waals surface area contributed by atoms with Crippen LogP contribution in [-0.4, -0.2) is 21.9 Å². The Morgan fingerprint density at radius 1 is 1.42 bits per heavy atom. The van der Waals surface area contributed by atoms with Gasteiger partial charge in [0, 0.05) is 18.3 Å². The summed E-state index contributed by atoms with van der Waals surface area (Å²) in [5.41, 5.74) is 0.685. The Bertz CT molecular complexity index is 541. The average Bonchev–Trinajstić information content (AvgIpc) is 2.84. The molecule has 0 bridgehead atoms. The molecule has 1 heterocycles. The van der Waals surface area contributed by atoms with Crippen LogP contribution in [0, 0.1) is 5.82 Å². The molecule has 0 spiro atoms. The minimum absolute atomic E-state index is 0.236. The third kappa shape index (κ3) is 3.21. The second-order valence-electron chi connectivity index (χ2n) is 4.10. The van der Waals surface area contributed by atoms with E-state index in [0.717, 1.165) is 18.8 Å². The summed E-state index contributed by atoms with van der Waals surface area (Å²) in [4.78, 5) is 4.18. The van der Waals surface area contributed by atoms with Crippen LogP contribution in [0.2, 0.25) is 0 Å². The first kappa shape index (κ1) is 13.3. The van der Waals surface area contributed by atoms with Crippen LogP contribution in [0.4, 0.5) is 10.1 Å². The van der Waals surface area contributed by atoms with Crippen LogP contribution >= 0.6 is 0 Å². The first-order chi connectivity index (χ1) is 9.24. The van der Waals surface area contributed by atoms with Crippen molar-refractivity contribution in [1.29, 1.82) is 0 Å². The first-order valence-corrected chi connectivity index (χ1v) is 6.18. The molecular weight excluding hydrogens is 247 g/mol. The molecular formula is C13H17FN4O. The first-order valence-electron chi connectivity index (χ1n) is 6.18. The number of hydrogen-bond donors (Lipinski definition) is 1. The SMILES string of the molecule is CCCn1ncnc1CNc1ccc(OC)c(F)c1. The lowest BCUT2D eigenvalue weighted by Gasteiger charge is -2.09. The molecule has 2 aromatic rings. The number of anilines is 1. The highest BCUT2D eigenvalue weighted by Crippen LogP contribution is 2.20. The molecule has 0 saturated heterocycles. The van der Waals surface area contributed by atoms with Crippen molar-refractivity contribution < 1.29 is 9.13 Å². The number of nitrogens with one attached hydrogen (secondary N) is 1. The molecule has 6 heteroatoms. The fraction of sp³-hybridized carbons (Fsp3) is 0.385. The number of nitrogens with zero attached hydrogens (tertiary/aromatic N) is 3. The van der Waals surface area contributed by atoms with E-state index in [9.17, 15) is 4.39 Å². The number of halogens is 1. The molecule has 102 valence electrons. The van der Waals surface area contributed by atoms with Crippen molar-refractivity contribution in [1.82, 2.24) is 14.8 Å². The smallest absolute Gasteiger partial charge is 0.167 e. The van der Waals surface area contributed by atoms with Gasteiger partial charge in [-0.2, -0.15) is 5.10 Å². The third-order valence-corrected chi connectivity index (χ3v) is 2.73.